The number of carbonyl (C=O) groups is 2. The maximum Gasteiger partial charge on any atom is 0.314 e. The quantitative estimate of drug-likeness (QED) is 0.619. The first-order valence-corrected chi connectivity index (χ1v) is 6.44. The zero-order valence-electron chi connectivity index (χ0n) is 11.8. The van der Waals surface area contributed by atoms with Crippen molar-refractivity contribution in [1.82, 2.24) is 4.90 Å². The van der Waals surface area contributed by atoms with Gasteiger partial charge in [0.25, 0.3) is 5.91 Å². The lowest BCUT2D eigenvalue weighted by Gasteiger charge is -2.13. The predicted molar refractivity (Wildman–Crippen MR) is 72.1 cm³/mol. The Morgan fingerprint density at radius 1 is 1.32 bits per heavy atom. The van der Waals surface area contributed by atoms with Gasteiger partial charge in [-0.25, -0.2) is 0 Å². The molecule has 102 valence electrons. The van der Waals surface area contributed by atoms with Gasteiger partial charge in [0.05, 0.1) is 5.92 Å². The van der Waals surface area contributed by atoms with E-state index in [1.807, 2.05) is 13.8 Å². The molecule has 4 heteroatoms. The van der Waals surface area contributed by atoms with Crippen LogP contribution in [0.1, 0.15) is 29.3 Å². The summed E-state index contributed by atoms with van der Waals surface area (Å²) in [7, 11) is 3.39. The van der Waals surface area contributed by atoms with Crippen LogP contribution in [0.4, 0.5) is 0 Å². The number of hydrogen-bond donors (Lipinski definition) is 0. The van der Waals surface area contributed by atoms with E-state index < -0.39 is 0 Å². The number of ether oxygens (including phenoxy) is 1. The number of carbonyl (C=O) groups excluding carboxylic acids is 2. The van der Waals surface area contributed by atoms with Gasteiger partial charge in [0.1, 0.15) is 5.75 Å². The van der Waals surface area contributed by atoms with E-state index in [0.29, 0.717) is 17.2 Å². The molecule has 1 amide bonds. The molecule has 0 unspecified atom stereocenters. The number of amides is 1. The molecule has 1 aromatic rings. The van der Waals surface area contributed by atoms with Gasteiger partial charge in [0.15, 0.2) is 0 Å². The molecule has 0 aliphatic heterocycles. The smallest absolute Gasteiger partial charge is 0.314 e. The molecule has 1 saturated carbocycles. The summed E-state index contributed by atoms with van der Waals surface area (Å²) in [4.78, 5) is 25.2. The van der Waals surface area contributed by atoms with Crippen LogP contribution in [-0.2, 0) is 4.79 Å². The summed E-state index contributed by atoms with van der Waals surface area (Å²) >= 11 is 0. The van der Waals surface area contributed by atoms with Gasteiger partial charge in [-0.1, -0.05) is 13.0 Å². The lowest BCUT2D eigenvalue weighted by molar-refractivity contribution is -0.136. The number of rotatable bonds is 3. The summed E-state index contributed by atoms with van der Waals surface area (Å²) in [5.41, 5.74) is 1.39. The normalized spacial score (nSPS) is 20.8. The first-order valence-electron chi connectivity index (χ1n) is 6.44. The van der Waals surface area contributed by atoms with Gasteiger partial charge in [0.2, 0.25) is 0 Å². The number of benzene rings is 1. The molecule has 1 fully saturated rings. The second kappa shape index (κ2) is 5.03. The van der Waals surface area contributed by atoms with Crippen LogP contribution in [0, 0.1) is 18.8 Å². The highest BCUT2D eigenvalue weighted by atomic mass is 16.5. The van der Waals surface area contributed by atoms with E-state index in [4.69, 9.17) is 4.74 Å². The summed E-state index contributed by atoms with van der Waals surface area (Å²) in [6.45, 7) is 3.90. The molecule has 0 radical (unpaired) electrons. The summed E-state index contributed by atoms with van der Waals surface area (Å²) in [6, 6.07) is 5.19. The summed E-state index contributed by atoms with van der Waals surface area (Å²) in [5.74, 6) is 0.631. The number of aryl methyl sites for hydroxylation is 1. The van der Waals surface area contributed by atoms with Crippen molar-refractivity contribution >= 4 is 11.9 Å². The molecule has 0 saturated heterocycles. The Hall–Kier alpha value is -1.84. The Morgan fingerprint density at radius 3 is 2.47 bits per heavy atom. The zero-order valence-corrected chi connectivity index (χ0v) is 11.8. The number of nitrogens with zero attached hydrogens (tertiary/aromatic N) is 1. The SMILES string of the molecule is Cc1ccc(C(=O)N(C)C)cc1OC(=O)[C@@H]1C[C@H]1C. The summed E-state index contributed by atoms with van der Waals surface area (Å²) in [5, 5.41) is 0. The molecule has 2 atom stereocenters. The lowest BCUT2D eigenvalue weighted by Crippen LogP contribution is -2.22. The van der Waals surface area contributed by atoms with Crippen LogP contribution < -0.4 is 4.74 Å². The molecular weight excluding hydrogens is 242 g/mol. The topological polar surface area (TPSA) is 46.6 Å². The third-order valence-electron chi connectivity index (χ3n) is 3.46. The van der Waals surface area contributed by atoms with Crippen LogP contribution >= 0.6 is 0 Å². The van der Waals surface area contributed by atoms with Gasteiger partial charge in [-0.2, -0.15) is 0 Å². The first kappa shape index (κ1) is 13.6. The summed E-state index contributed by atoms with van der Waals surface area (Å²) in [6.07, 6.45) is 0.897. The third-order valence-corrected chi connectivity index (χ3v) is 3.46. The van der Waals surface area contributed by atoms with E-state index in [9.17, 15) is 9.59 Å². The second-order valence-electron chi connectivity index (χ2n) is 5.42. The second-order valence-corrected chi connectivity index (χ2v) is 5.42. The van der Waals surface area contributed by atoms with Crippen LogP contribution in [0.2, 0.25) is 0 Å². The molecular formula is C15H19NO3. The van der Waals surface area contributed by atoms with Crippen molar-refractivity contribution in [3.63, 3.8) is 0 Å². The maximum atomic E-state index is 11.9. The van der Waals surface area contributed by atoms with Crippen molar-refractivity contribution in [2.75, 3.05) is 14.1 Å². The van der Waals surface area contributed by atoms with Crippen LogP contribution in [0.25, 0.3) is 0 Å². The molecule has 0 heterocycles. The van der Waals surface area contributed by atoms with E-state index in [2.05, 4.69) is 0 Å². The molecule has 1 aliphatic rings. The molecule has 0 aromatic heterocycles. The maximum absolute atomic E-state index is 11.9. The van der Waals surface area contributed by atoms with E-state index >= 15 is 0 Å². The largest absolute Gasteiger partial charge is 0.426 e. The van der Waals surface area contributed by atoms with Crippen molar-refractivity contribution in [3.05, 3.63) is 29.3 Å². The van der Waals surface area contributed by atoms with Crippen LogP contribution in [-0.4, -0.2) is 30.9 Å². The average Bonchev–Trinajstić information content (AvgIpc) is 3.08. The van der Waals surface area contributed by atoms with Gasteiger partial charge in [-0.15, -0.1) is 0 Å². The van der Waals surface area contributed by atoms with Gasteiger partial charge in [0, 0.05) is 19.7 Å². The highest BCUT2D eigenvalue weighted by Crippen LogP contribution is 2.39. The highest BCUT2D eigenvalue weighted by Gasteiger charge is 2.40. The predicted octanol–water partition coefficient (Wildman–Crippen LogP) is 2.26. The molecule has 1 aromatic carbocycles. The van der Waals surface area contributed by atoms with Gasteiger partial charge >= 0.3 is 5.97 Å². The van der Waals surface area contributed by atoms with E-state index in [1.54, 1.807) is 32.3 Å². The van der Waals surface area contributed by atoms with Crippen molar-refractivity contribution in [3.8, 4) is 5.75 Å². The third kappa shape index (κ3) is 2.95. The Labute approximate surface area is 113 Å². The number of hydrogen-bond acceptors (Lipinski definition) is 3. The average molecular weight is 261 g/mol. The minimum Gasteiger partial charge on any atom is -0.426 e. The standard InChI is InChI=1S/C15H19NO3/c1-9-5-6-11(14(17)16(3)4)8-13(9)19-15(18)12-7-10(12)2/h5-6,8,10,12H,7H2,1-4H3/t10-,12-/m1/s1. The minimum absolute atomic E-state index is 0.0209. The van der Waals surface area contributed by atoms with Gasteiger partial charge < -0.3 is 9.64 Å². The van der Waals surface area contributed by atoms with Crippen molar-refractivity contribution < 1.29 is 14.3 Å². The highest BCUT2D eigenvalue weighted by molar-refractivity contribution is 5.94. The zero-order chi connectivity index (χ0) is 14.2. The van der Waals surface area contributed by atoms with Crippen molar-refractivity contribution in [2.24, 2.45) is 11.8 Å². The van der Waals surface area contributed by atoms with Crippen molar-refractivity contribution in [2.45, 2.75) is 20.3 Å². The fourth-order valence-electron chi connectivity index (χ4n) is 1.94. The minimum atomic E-state index is -0.190. The Bertz CT molecular complexity index is 522. The van der Waals surface area contributed by atoms with E-state index in [-0.39, 0.29) is 17.8 Å². The molecule has 2 rings (SSSR count). The molecule has 4 nitrogen and oxygen atoms in total. The monoisotopic (exact) mass is 261 g/mol. The van der Waals surface area contributed by atoms with Gasteiger partial charge in [-0.3, -0.25) is 9.59 Å². The van der Waals surface area contributed by atoms with Crippen LogP contribution in [0.15, 0.2) is 18.2 Å². The van der Waals surface area contributed by atoms with Crippen molar-refractivity contribution in [1.29, 1.82) is 0 Å². The first-order chi connectivity index (χ1) is 8.90. The molecule has 0 N–H and O–H groups in total. The fraction of sp³-hybridized carbons (Fsp3) is 0.467. The Morgan fingerprint density at radius 2 is 1.95 bits per heavy atom. The Kier molecular flexibility index (Phi) is 3.60. The molecule has 19 heavy (non-hydrogen) atoms. The van der Waals surface area contributed by atoms with E-state index in [0.717, 1.165) is 12.0 Å². The molecule has 1 aliphatic carbocycles. The molecule has 0 bridgehead atoms. The fourth-order valence-corrected chi connectivity index (χ4v) is 1.94. The van der Waals surface area contributed by atoms with Gasteiger partial charge in [-0.05, 0) is 37.0 Å². The summed E-state index contributed by atoms with van der Waals surface area (Å²) < 4.78 is 5.40. The lowest BCUT2D eigenvalue weighted by atomic mass is 10.1. The van der Waals surface area contributed by atoms with Crippen LogP contribution in [0.3, 0.4) is 0 Å². The Balaban J connectivity index is 2.17. The van der Waals surface area contributed by atoms with Crippen LogP contribution in [0.5, 0.6) is 5.75 Å². The number of esters is 1. The van der Waals surface area contributed by atoms with E-state index in [1.165, 1.54) is 4.90 Å². The molecule has 0 spiro atoms.